The average molecular weight is 430 g/mol. The smallest absolute Gasteiger partial charge is 0.261 e. The van der Waals surface area contributed by atoms with Gasteiger partial charge in [0.15, 0.2) is 11.5 Å². The molecule has 26 heavy (non-hydrogen) atoms. The molecule has 1 unspecified atom stereocenters. The summed E-state index contributed by atoms with van der Waals surface area (Å²) in [6, 6.07) is 17.5. The van der Waals surface area contributed by atoms with Crippen LogP contribution < -0.4 is 14.8 Å². The van der Waals surface area contributed by atoms with Crippen LogP contribution in [-0.2, 0) is 0 Å². The summed E-state index contributed by atoms with van der Waals surface area (Å²) in [7, 11) is 0. The van der Waals surface area contributed by atoms with Crippen molar-refractivity contribution in [1.29, 1.82) is 0 Å². The lowest BCUT2D eigenvalue weighted by molar-refractivity contribution is 0.0944. The van der Waals surface area contributed by atoms with Gasteiger partial charge >= 0.3 is 0 Å². The maximum atomic E-state index is 12.6. The number of ether oxygens (including phenoxy) is 2. The van der Waals surface area contributed by atoms with Crippen LogP contribution in [0.3, 0.4) is 0 Å². The molecule has 1 amide bonds. The monoisotopic (exact) mass is 429 g/mol. The lowest BCUT2D eigenvalue weighted by Crippen LogP contribution is -2.25. The number of hydrogen-bond acceptors (Lipinski definition) is 4. The molecule has 0 radical (unpaired) electrons. The molecule has 1 aromatic heterocycles. The van der Waals surface area contributed by atoms with E-state index in [1.807, 2.05) is 61.5 Å². The number of hydrogen-bond donors (Lipinski definition) is 1. The summed E-state index contributed by atoms with van der Waals surface area (Å²) >= 11 is 4.89. The summed E-state index contributed by atoms with van der Waals surface area (Å²) in [6.45, 7) is 2.23. The van der Waals surface area contributed by atoms with Crippen LogP contribution in [-0.4, -0.2) is 12.7 Å². The van der Waals surface area contributed by atoms with E-state index in [1.165, 1.54) is 11.3 Å². The number of carbonyl (C=O) groups is 1. The Morgan fingerprint density at radius 1 is 1.08 bits per heavy atom. The normalized spacial score (nSPS) is 13.5. The van der Waals surface area contributed by atoms with Gasteiger partial charge in [0, 0.05) is 9.35 Å². The van der Waals surface area contributed by atoms with Crippen molar-refractivity contribution in [2.24, 2.45) is 0 Å². The molecule has 3 aromatic rings. The van der Waals surface area contributed by atoms with Crippen LogP contribution in [0, 0.1) is 0 Å². The predicted molar refractivity (Wildman–Crippen MR) is 106 cm³/mol. The Morgan fingerprint density at radius 2 is 1.85 bits per heavy atom. The SMILES string of the molecule is CC(NC(=O)c1ccc(-c2ccc3c(c2)OCO3)s1)c1ccc(Br)cc1. The molecule has 1 aliphatic rings. The van der Waals surface area contributed by atoms with Gasteiger partial charge in [-0.15, -0.1) is 11.3 Å². The van der Waals surface area contributed by atoms with Gasteiger partial charge in [0.05, 0.1) is 10.9 Å². The fourth-order valence-corrected chi connectivity index (χ4v) is 3.94. The predicted octanol–water partition coefficient (Wildman–Crippen LogP) is 5.40. The highest BCUT2D eigenvalue weighted by molar-refractivity contribution is 9.10. The van der Waals surface area contributed by atoms with Crippen LogP contribution in [0.25, 0.3) is 10.4 Å². The first-order chi connectivity index (χ1) is 12.6. The van der Waals surface area contributed by atoms with E-state index in [2.05, 4.69) is 21.2 Å². The standard InChI is InChI=1S/C20H16BrNO3S/c1-12(13-2-5-15(21)6-3-13)22-20(23)19-9-8-18(26-19)14-4-7-16-17(10-14)25-11-24-16/h2-10,12H,11H2,1H3,(H,22,23). The number of rotatable bonds is 4. The molecule has 0 bridgehead atoms. The van der Waals surface area contributed by atoms with Crippen LogP contribution in [0.4, 0.5) is 0 Å². The number of halogens is 1. The lowest BCUT2D eigenvalue weighted by atomic mass is 10.1. The van der Waals surface area contributed by atoms with Crippen molar-refractivity contribution in [2.45, 2.75) is 13.0 Å². The molecule has 6 heteroatoms. The number of nitrogens with one attached hydrogen (secondary N) is 1. The summed E-state index contributed by atoms with van der Waals surface area (Å²) in [5.74, 6) is 1.43. The second-order valence-corrected chi connectivity index (χ2v) is 7.98. The first-order valence-corrected chi connectivity index (χ1v) is 9.77. The van der Waals surface area contributed by atoms with E-state index >= 15 is 0 Å². The molecular weight excluding hydrogens is 414 g/mol. The molecule has 2 heterocycles. The molecule has 132 valence electrons. The first-order valence-electron chi connectivity index (χ1n) is 8.16. The van der Waals surface area contributed by atoms with E-state index in [0.29, 0.717) is 4.88 Å². The molecule has 0 aliphatic carbocycles. The molecule has 1 atom stereocenters. The first kappa shape index (κ1) is 17.1. The number of fused-ring (bicyclic) bond motifs is 1. The Hall–Kier alpha value is -2.31. The number of carbonyl (C=O) groups excluding carboxylic acids is 1. The summed E-state index contributed by atoms with van der Waals surface area (Å²) in [4.78, 5) is 14.3. The Morgan fingerprint density at radius 3 is 2.65 bits per heavy atom. The zero-order valence-corrected chi connectivity index (χ0v) is 16.4. The van der Waals surface area contributed by atoms with E-state index in [9.17, 15) is 4.79 Å². The largest absolute Gasteiger partial charge is 0.454 e. The Balaban J connectivity index is 1.48. The fourth-order valence-electron chi connectivity index (χ4n) is 2.77. The molecule has 2 aromatic carbocycles. The Bertz CT molecular complexity index is 952. The number of amides is 1. The molecule has 0 fully saturated rings. The van der Waals surface area contributed by atoms with Gasteiger partial charge in [0.2, 0.25) is 6.79 Å². The zero-order chi connectivity index (χ0) is 18.1. The highest BCUT2D eigenvalue weighted by Crippen LogP contribution is 2.38. The highest BCUT2D eigenvalue weighted by atomic mass is 79.9. The van der Waals surface area contributed by atoms with Crippen molar-refractivity contribution < 1.29 is 14.3 Å². The van der Waals surface area contributed by atoms with E-state index in [4.69, 9.17) is 9.47 Å². The Labute approximate surface area is 163 Å². The van der Waals surface area contributed by atoms with E-state index in [0.717, 1.165) is 32.0 Å². The van der Waals surface area contributed by atoms with Gasteiger partial charge in [-0.3, -0.25) is 4.79 Å². The van der Waals surface area contributed by atoms with Crippen LogP contribution in [0.2, 0.25) is 0 Å². The number of benzene rings is 2. The molecule has 1 N–H and O–H groups in total. The quantitative estimate of drug-likeness (QED) is 0.603. The third-order valence-corrected chi connectivity index (χ3v) is 5.87. The maximum absolute atomic E-state index is 12.6. The van der Waals surface area contributed by atoms with Gasteiger partial charge < -0.3 is 14.8 Å². The third-order valence-electron chi connectivity index (χ3n) is 4.20. The van der Waals surface area contributed by atoms with Gasteiger partial charge in [0.1, 0.15) is 0 Å². The Kier molecular flexibility index (Phi) is 4.70. The van der Waals surface area contributed by atoms with Crippen LogP contribution in [0.15, 0.2) is 59.1 Å². The van der Waals surface area contributed by atoms with Gasteiger partial charge in [-0.05, 0) is 60.5 Å². The lowest BCUT2D eigenvalue weighted by Gasteiger charge is -2.13. The highest BCUT2D eigenvalue weighted by Gasteiger charge is 2.17. The topological polar surface area (TPSA) is 47.6 Å². The molecule has 0 saturated carbocycles. The molecule has 4 rings (SSSR count). The average Bonchev–Trinajstić information content (AvgIpc) is 3.31. The second kappa shape index (κ2) is 7.13. The molecule has 4 nitrogen and oxygen atoms in total. The van der Waals surface area contributed by atoms with Gasteiger partial charge in [-0.2, -0.15) is 0 Å². The molecule has 1 aliphatic heterocycles. The van der Waals surface area contributed by atoms with E-state index < -0.39 is 0 Å². The maximum Gasteiger partial charge on any atom is 0.261 e. The van der Waals surface area contributed by atoms with Crippen molar-refractivity contribution in [3.8, 4) is 21.9 Å². The zero-order valence-electron chi connectivity index (χ0n) is 14.0. The second-order valence-electron chi connectivity index (χ2n) is 5.98. The van der Waals surface area contributed by atoms with Crippen molar-refractivity contribution >= 4 is 33.2 Å². The van der Waals surface area contributed by atoms with Crippen molar-refractivity contribution in [3.05, 3.63) is 69.5 Å². The van der Waals surface area contributed by atoms with Crippen LogP contribution in [0.1, 0.15) is 28.2 Å². The minimum Gasteiger partial charge on any atom is -0.454 e. The van der Waals surface area contributed by atoms with E-state index in [1.54, 1.807) is 0 Å². The van der Waals surface area contributed by atoms with E-state index in [-0.39, 0.29) is 18.7 Å². The summed E-state index contributed by atoms with van der Waals surface area (Å²) < 4.78 is 11.8. The van der Waals surface area contributed by atoms with Crippen LogP contribution >= 0.6 is 27.3 Å². The fraction of sp³-hybridized carbons (Fsp3) is 0.150. The third kappa shape index (κ3) is 3.48. The van der Waals surface area contributed by atoms with Crippen molar-refractivity contribution in [2.75, 3.05) is 6.79 Å². The van der Waals surface area contributed by atoms with Gasteiger partial charge in [0.25, 0.3) is 5.91 Å². The summed E-state index contributed by atoms with van der Waals surface area (Å²) in [5, 5.41) is 3.05. The summed E-state index contributed by atoms with van der Waals surface area (Å²) in [6.07, 6.45) is 0. The minimum atomic E-state index is -0.0718. The minimum absolute atomic E-state index is 0.0632. The van der Waals surface area contributed by atoms with Gasteiger partial charge in [-0.1, -0.05) is 28.1 Å². The molecular formula is C20H16BrNO3S. The molecule has 0 spiro atoms. The van der Waals surface area contributed by atoms with Crippen molar-refractivity contribution in [1.82, 2.24) is 5.32 Å². The summed E-state index contributed by atoms with van der Waals surface area (Å²) in [5.41, 5.74) is 2.08. The van der Waals surface area contributed by atoms with Crippen molar-refractivity contribution in [3.63, 3.8) is 0 Å². The van der Waals surface area contributed by atoms with Crippen LogP contribution in [0.5, 0.6) is 11.5 Å². The molecule has 0 saturated heterocycles. The number of thiophene rings is 1. The van der Waals surface area contributed by atoms with Gasteiger partial charge in [-0.25, -0.2) is 0 Å².